The van der Waals surface area contributed by atoms with Crippen LogP contribution in [0.3, 0.4) is 0 Å². The van der Waals surface area contributed by atoms with Gasteiger partial charge in [0, 0.05) is 32.1 Å². The van der Waals surface area contributed by atoms with Crippen LogP contribution in [0.15, 0.2) is 48.5 Å². The smallest absolute Gasteiger partial charge is 0.254 e. The van der Waals surface area contributed by atoms with Gasteiger partial charge in [-0.2, -0.15) is 15.4 Å². The zero-order valence-electron chi connectivity index (χ0n) is 23.2. The lowest BCUT2D eigenvalue weighted by atomic mass is 10.0. The molecular formula is C28H32N8O6. The molecule has 2 aromatic carbocycles. The summed E-state index contributed by atoms with van der Waals surface area (Å²) in [6.07, 6.45) is -1.69. The van der Waals surface area contributed by atoms with Gasteiger partial charge in [0.25, 0.3) is 11.8 Å². The molecule has 14 heteroatoms. The fraction of sp³-hybridized carbons (Fsp3) is 0.393. The van der Waals surface area contributed by atoms with Crippen LogP contribution in [0.25, 0.3) is 11.0 Å². The number of aromatic nitrogens is 3. The van der Waals surface area contributed by atoms with Crippen molar-refractivity contribution in [1.82, 2.24) is 41.2 Å². The summed E-state index contributed by atoms with van der Waals surface area (Å²) in [5.74, 6) is -2.43. The number of hydrogen-bond donors (Lipinski definition) is 4. The van der Waals surface area contributed by atoms with E-state index in [1.807, 2.05) is 30.3 Å². The van der Waals surface area contributed by atoms with E-state index in [4.69, 9.17) is 4.74 Å². The molecule has 2 aliphatic heterocycles. The number of morpholine rings is 1. The number of nitrogens with one attached hydrogen (secondary N) is 4. The van der Waals surface area contributed by atoms with E-state index in [1.54, 1.807) is 18.2 Å². The highest BCUT2D eigenvalue weighted by Gasteiger charge is 2.37. The second kappa shape index (κ2) is 12.3. The van der Waals surface area contributed by atoms with Crippen molar-refractivity contribution in [3.63, 3.8) is 0 Å². The molecule has 0 spiro atoms. The SMILES string of the molecule is C[C@H]1NC(=O)CN(C)C(=O)[C@@H](Cc2ccccc2)NC(=O)[C@H]2CN(C(=O)c3ccc4n[nH]nc4c3)C[C@H](CNC1=O)O2. The first-order valence-corrected chi connectivity index (χ1v) is 13.6. The number of carbonyl (C=O) groups is 5. The molecule has 3 heterocycles. The molecule has 0 radical (unpaired) electrons. The summed E-state index contributed by atoms with van der Waals surface area (Å²) in [6, 6.07) is 12.2. The first-order chi connectivity index (χ1) is 20.2. The van der Waals surface area contributed by atoms with E-state index in [9.17, 15) is 24.0 Å². The molecule has 220 valence electrons. The van der Waals surface area contributed by atoms with Crippen LogP contribution in [0.5, 0.6) is 0 Å². The van der Waals surface area contributed by atoms with Crippen LogP contribution >= 0.6 is 0 Å². The van der Waals surface area contributed by atoms with E-state index in [-0.39, 0.29) is 38.5 Å². The predicted octanol–water partition coefficient (Wildman–Crippen LogP) is -1.01. The number of ether oxygens (including phenoxy) is 1. The number of likely N-dealkylation sites (N-methyl/N-ethyl adjacent to an activating group) is 1. The molecule has 5 amide bonds. The first kappa shape index (κ1) is 28.7. The third-order valence-corrected chi connectivity index (χ3v) is 7.24. The number of fused-ring (bicyclic) bond motifs is 3. The number of rotatable bonds is 3. The van der Waals surface area contributed by atoms with Gasteiger partial charge in [-0.25, -0.2) is 0 Å². The maximum atomic E-state index is 13.6. The number of amides is 5. The zero-order valence-corrected chi connectivity index (χ0v) is 23.2. The normalized spacial score (nSPS) is 24.3. The van der Waals surface area contributed by atoms with Gasteiger partial charge < -0.3 is 30.5 Å². The lowest BCUT2D eigenvalue weighted by Gasteiger charge is -2.38. The standard InChI is InChI=1S/C28H32N8O6/c1-16-25(38)29-12-19-13-36(27(40)18-8-9-20-21(11-18)33-34-32-20)14-23(42-19)26(39)31-22(10-17-6-4-3-5-7-17)28(41)35(2)15-24(37)30-16/h3-9,11,16,19,22-23H,10,12-15H2,1-2H3,(H,29,38)(H,30,37)(H,31,39)(H,32,33,34)/t16-,19+,22-,23-/m1/s1. The van der Waals surface area contributed by atoms with Crippen molar-refractivity contribution in [2.24, 2.45) is 0 Å². The van der Waals surface area contributed by atoms with Gasteiger partial charge in [-0.15, -0.1) is 0 Å². The van der Waals surface area contributed by atoms with E-state index in [0.29, 0.717) is 16.6 Å². The number of hydrogen-bond acceptors (Lipinski definition) is 8. The highest BCUT2D eigenvalue weighted by Crippen LogP contribution is 2.18. The highest BCUT2D eigenvalue weighted by atomic mass is 16.5. The third-order valence-electron chi connectivity index (χ3n) is 7.24. The Kier molecular flexibility index (Phi) is 8.43. The van der Waals surface area contributed by atoms with Gasteiger partial charge in [0.15, 0.2) is 6.10 Å². The molecule has 3 aromatic rings. The lowest BCUT2D eigenvalue weighted by molar-refractivity contribution is -0.148. The summed E-state index contributed by atoms with van der Waals surface area (Å²) < 4.78 is 6.05. The molecule has 1 aromatic heterocycles. The van der Waals surface area contributed by atoms with Gasteiger partial charge in [-0.3, -0.25) is 24.0 Å². The Bertz CT molecular complexity index is 1490. The minimum atomic E-state index is -1.13. The Balaban J connectivity index is 1.43. The molecule has 2 bridgehead atoms. The van der Waals surface area contributed by atoms with Crippen LogP contribution in [0.2, 0.25) is 0 Å². The summed E-state index contributed by atoms with van der Waals surface area (Å²) in [7, 11) is 1.45. The molecule has 4 N–H and O–H groups in total. The third kappa shape index (κ3) is 6.54. The average molecular weight is 577 g/mol. The molecule has 2 saturated heterocycles. The number of H-pyrrole nitrogens is 1. The second-order valence-corrected chi connectivity index (χ2v) is 10.5. The Morgan fingerprint density at radius 2 is 1.74 bits per heavy atom. The topological polar surface area (TPSA) is 179 Å². The molecule has 0 aliphatic carbocycles. The maximum Gasteiger partial charge on any atom is 0.254 e. The van der Waals surface area contributed by atoms with E-state index in [1.165, 1.54) is 23.8 Å². The van der Waals surface area contributed by atoms with Gasteiger partial charge >= 0.3 is 0 Å². The van der Waals surface area contributed by atoms with Crippen molar-refractivity contribution in [1.29, 1.82) is 0 Å². The van der Waals surface area contributed by atoms with Crippen LogP contribution in [0.4, 0.5) is 0 Å². The summed E-state index contributed by atoms with van der Waals surface area (Å²) in [6.45, 7) is 1.22. The maximum absolute atomic E-state index is 13.6. The van der Waals surface area contributed by atoms with Gasteiger partial charge in [-0.1, -0.05) is 30.3 Å². The minimum absolute atomic E-state index is 0.0127. The van der Waals surface area contributed by atoms with Crippen LogP contribution in [0, 0.1) is 0 Å². The molecule has 14 nitrogen and oxygen atoms in total. The minimum Gasteiger partial charge on any atom is -0.360 e. The highest BCUT2D eigenvalue weighted by molar-refractivity contribution is 5.98. The van der Waals surface area contributed by atoms with Gasteiger partial charge in [0.2, 0.25) is 17.7 Å². The predicted molar refractivity (Wildman–Crippen MR) is 149 cm³/mol. The monoisotopic (exact) mass is 576 g/mol. The van der Waals surface area contributed by atoms with Crippen molar-refractivity contribution in [2.45, 2.75) is 37.6 Å². The Morgan fingerprint density at radius 3 is 2.52 bits per heavy atom. The molecule has 0 unspecified atom stereocenters. The molecule has 2 fully saturated rings. The molecular weight excluding hydrogens is 544 g/mol. The van der Waals surface area contributed by atoms with Crippen molar-refractivity contribution < 1.29 is 28.7 Å². The van der Waals surface area contributed by atoms with Crippen molar-refractivity contribution in [2.75, 3.05) is 33.2 Å². The average Bonchev–Trinajstić information content (AvgIpc) is 3.46. The fourth-order valence-electron chi connectivity index (χ4n) is 5.01. The first-order valence-electron chi connectivity index (χ1n) is 13.6. The Morgan fingerprint density at radius 1 is 0.976 bits per heavy atom. The zero-order chi connectivity index (χ0) is 29.8. The summed E-state index contributed by atoms with van der Waals surface area (Å²) in [4.78, 5) is 68.7. The quantitative estimate of drug-likeness (QED) is 0.306. The van der Waals surface area contributed by atoms with Gasteiger partial charge in [0.1, 0.15) is 23.1 Å². The summed E-state index contributed by atoms with van der Waals surface area (Å²) in [5.41, 5.74) is 2.27. The Hall–Kier alpha value is -4.85. The number of carbonyl (C=O) groups excluding carboxylic acids is 5. The van der Waals surface area contributed by atoms with Crippen molar-refractivity contribution in [3.05, 3.63) is 59.7 Å². The van der Waals surface area contributed by atoms with E-state index >= 15 is 0 Å². The molecule has 5 rings (SSSR count). The number of aromatic amines is 1. The molecule has 4 atom stereocenters. The lowest BCUT2D eigenvalue weighted by Crippen LogP contribution is -2.59. The second-order valence-electron chi connectivity index (χ2n) is 10.5. The van der Waals surface area contributed by atoms with Gasteiger partial charge in [0.05, 0.1) is 19.2 Å². The molecule has 42 heavy (non-hydrogen) atoms. The van der Waals surface area contributed by atoms with Crippen molar-refractivity contribution >= 4 is 40.6 Å². The number of nitrogens with zero attached hydrogens (tertiary/aromatic N) is 4. The Labute approximate surface area is 241 Å². The summed E-state index contributed by atoms with van der Waals surface area (Å²) in [5, 5.41) is 18.7. The molecule has 0 saturated carbocycles. The van der Waals surface area contributed by atoms with Crippen molar-refractivity contribution in [3.8, 4) is 0 Å². The van der Waals surface area contributed by atoms with E-state index < -0.39 is 47.9 Å². The summed E-state index contributed by atoms with van der Waals surface area (Å²) >= 11 is 0. The van der Waals surface area contributed by atoms with Crippen LogP contribution in [-0.2, 0) is 30.3 Å². The van der Waals surface area contributed by atoms with Crippen LogP contribution in [-0.4, -0.2) is 112 Å². The van der Waals surface area contributed by atoms with E-state index in [0.717, 1.165) is 5.56 Å². The van der Waals surface area contributed by atoms with E-state index in [2.05, 4.69) is 31.4 Å². The fourth-order valence-corrected chi connectivity index (χ4v) is 5.01. The largest absolute Gasteiger partial charge is 0.360 e. The van der Waals surface area contributed by atoms with Crippen LogP contribution in [0.1, 0.15) is 22.8 Å². The molecule has 2 aliphatic rings. The van der Waals surface area contributed by atoms with Crippen LogP contribution < -0.4 is 16.0 Å². The van der Waals surface area contributed by atoms with Gasteiger partial charge in [-0.05, 0) is 30.7 Å². The number of benzene rings is 2.